The Kier molecular flexibility index (Phi) is 5.71. The SMILES string of the molecule is CCN(Cc1ccccc1)C(=O)COC(=O)c1cc2ccccc2cc1O. The summed E-state index contributed by atoms with van der Waals surface area (Å²) in [6.07, 6.45) is 0. The summed E-state index contributed by atoms with van der Waals surface area (Å²) >= 11 is 0. The van der Waals surface area contributed by atoms with E-state index in [0.717, 1.165) is 16.3 Å². The monoisotopic (exact) mass is 363 g/mol. The molecular formula is C22H21NO4. The van der Waals surface area contributed by atoms with Crippen LogP contribution in [-0.4, -0.2) is 35.0 Å². The number of fused-ring (bicyclic) bond motifs is 1. The Morgan fingerprint density at radius 1 is 0.963 bits per heavy atom. The maximum Gasteiger partial charge on any atom is 0.342 e. The molecule has 0 saturated carbocycles. The van der Waals surface area contributed by atoms with Gasteiger partial charge in [0, 0.05) is 13.1 Å². The van der Waals surface area contributed by atoms with Gasteiger partial charge in [-0.1, -0.05) is 54.6 Å². The van der Waals surface area contributed by atoms with Crippen molar-refractivity contribution < 1.29 is 19.4 Å². The number of ether oxygens (including phenoxy) is 1. The van der Waals surface area contributed by atoms with Crippen LogP contribution in [0.4, 0.5) is 0 Å². The van der Waals surface area contributed by atoms with Crippen molar-refractivity contribution in [3.63, 3.8) is 0 Å². The lowest BCUT2D eigenvalue weighted by atomic mass is 10.1. The molecule has 1 amide bonds. The summed E-state index contributed by atoms with van der Waals surface area (Å²) in [5.41, 5.74) is 1.05. The molecule has 5 heteroatoms. The van der Waals surface area contributed by atoms with Crippen LogP contribution < -0.4 is 0 Å². The molecule has 0 aliphatic heterocycles. The number of aromatic hydroxyl groups is 1. The van der Waals surface area contributed by atoms with E-state index < -0.39 is 5.97 Å². The molecule has 138 valence electrons. The Morgan fingerprint density at radius 3 is 2.26 bits per heavy atom. The van der Waals surface area contributed by atoms with Gasteiger partial charge in [-0.3, -0.25) is 4.79 Å². The van der Waals surface area contributed by atoms with Crippen molar-refractivity contribution in [1.82, 2.24) is 4.90 Å². The summed E-state index contributed by atoms with van der Waals surface area (Å²) in [4.78, 5) is 26.3. The van der Waals surface area contributed by atoms with E-state index in [9.17, 15) is 14.7 Å². The number of benzene rings is 3. The van der Waals surface area contributed by atoms with Gasteiger partial charge in [0.15, 0.2) is 6.61 Å². The molecule has 3 rings (SSSR count). The van der Waals surface area contributed by atoms with Gasteiger partial charge >= 0.3 is 5.97 Å². The number of rotatable bonds is 6. The molecule has 0 fully saturated rings. The van der Waals surface area contributed by atoms with Crippen LogP contribution in [0.2, 0.25) is 0 Å². The van der Waals surface area contributed by atoms with E-state index >= 15 is 0 Å². The zero-order valence-corrected chi connectivity index (χ0v) is 15.1. The van der Waals surface area contributed by atoms with E-state index in [1.165, 1.54) is 6.07 Å². The van der Waals surface area contributed by atoms with E-state index in [-0.39, 0.29) is 23.8 Å². The number of esters is 1. The first kappa shape index (κ1) is 18.5. The molecule has 0 aliphatic carbocycles. The van der Waals surface area contributed by atoms with Crippen LogP contribution in [0, 0.1) is 0 Å². The maximum absolute atomic E-state index is 12.4. The normalized spacial score (nSPS) is 10.6. The minimum Gasteiger partial charge on any atom is -0.507 e. The van der Waals surface area contributed by atoms with Crippen LogP contribution in [0.25, 0.3) is 10.8 Å². The van der Waals surface area contributed by atoms with E-state index in [0.29, 0.717) is 13.1 Å². The fraction of sp³-hybridized carbons (Fsp3) is 0.182. The van der Waals surface area contributed by atoms with E-state index in [2.05, 4.69) is 0 Å². The molecule has 0 atom stereocenters. The highest BCUT2D eigenvalue weighted by Crippen LogP contribution is 2.25. The second kappa shape index (κ2) is 8.36. The molecule has 0 unspecified atom stereocenters. The number of carbonyl (C=O) groups excluding carboxylic acids is 2. The third-order valence-corrected chi connectivity index (χ3v) is 4.36. The molecule has 0 saturated heterocycles. The quantitative estimate of drug-likeness (QED) is 0.678. The van der Waals surface area contributed by atoms with Crippen molar-refractivity contribution >= 4 is 22.6 Å². The van der Waals surface area contributed by atoms with Gasteiger partial charge in [-0.25, -0.2) is 4.79 Å². The molecule has 0 heterocycles. The fourth-order valence-corrected chi connectivity index (χ4v) is 2.87. The lowest BCUT2D eigenvalue weighted by molar-refractivity contribution is -0.134. The topological polar surface area (TPSA) is 66.8 Å². The van der Waals surface area contributed by atoms with Gasteiger partial charge in [-0.2, -0.15) is 0 Å². The predicted molar refractivity (Wildman–Crippen MR) is 103 cm³/mol. The van der Waals surface area contributed by atoms with Crippen molar-refractivity contribution in [2.75, 3.05) is 13.2 Å². The van der Waals surface area contributed by atoms with E-state index in [4.69, 9.17) is 4.74 Å². The number of hydrogen-bond acceptors (Lipinski definition) is 4. The number of likely N-dealkylation sites (N-methyl/N-ethyl adjacent to an activating group) is 1. The lowest BCUT2D eigenvalue weighted by Crippen LogP contribution is -2.34. The van der Waals surface area contributed by atoms with Gasteiger partial charge in [0.25, 0.3) is 5.91 Å². The summed E-state index contributed by atoms with van der Waals surface area (Å²) in [6.45, 7) is 2.46. The predicted octanol–water partition coefficient (Wildman–Crippen LogP) is 3.75. The number of amides is 1. The van der Waals surface area contributed by atoms with Crippen LogP contribution in [0.15, 0.2) is 66.7 Å². The summed E-state index contributed by atoms with van der Waals surface area (Å²) in [7, 11) is 0. The highest BCUT2D eigenvalue weighted by molar-refractivity contribution is 5.99. The molecule has 1 N–H and O–H groups in total. The highest BCUT2D eigenvalue weighted by Gasteiger charge is 2.18. The zero-order valence-electron chi connectivity index (χ0n) is 15.1. The molecule has 5 nitrogen and oxygen atoms in total. The summed E-state index contributed by atoms with van der Waals surface area (Å²) in [5, 5.41) is 11.7. The third-order valence-electron chi connectivity index (χ3n) is 4.36. The number of carbonyl (C=O) groups is 2. The van der Waals surface area contributed by atoms with Gasteiger partial charge < -0.3 is 14.7 Å². The minimum absolute atomic E-state index is 0.0487. The average molecular weight is 363 g/mol. The number of hydrogen-bond donors (Lipinski definition) is 1. The molecular weight excluding hydrogens is 342 g/mol. The first-order valence-corrected chi connectivity index (χ1v) is 8.79. The maximum atomic E-state index is 12.4. The number of nitrogens with zero attached hydrogens (tertiary/aromatic N) is 1. The Balaban J connectivity index is 1.65. The zero-order chi connectivity index (χ0) is 19.2. The standard InChI is InChI=1S/C22H21NO4/c1-2-23(14-16-8-4-3-5-9-16)21(25)15-27-22(26)19-12-17-10-6-7-11-18(17)13-20(19)24/h3-13,24H,2,14-15H2,1H3. The molecule has 0 spiro atoms. The summed E-state index contributed by atoms with van der Waals surface area (Å²) in [5.74, 6) is -1.17. The molecule has 0 aromatic heterocycles. The molecule has 0 aliphatic rings. The van der Waals surface area contributed by atoms with Crippen LogP contribution in [0.5, 0.6) is 5.75 Å². The second-order valence-electron chi connectivity index (χ2n) is 6.19. The number of phenolic OH excluding ortho intramolecular Hbond substituents is 1. The molecule has 3 aromatic rings. The lowest BCUT2D eigenvalue weighted by Gasteiger charge is -2.21. The van der Waals surface area contributed by atoms with Crippen LogP contribution in [0.1, 0.15) is 22.8 Å². The van der Waals surface area contributed by atoms with Crippen LogP contribution in [-0.2, 0) is 16.1 Å². The van der Waals surface area contributed by atoms with Crippen molar-refractivity contribution in [1.29, 1.82) is 0 Å². The minimum atomic E-state index is -0.720. The molecule has 3 aromatic carbocycles. The number of phenols is 1. The van der Waals surface area contributed by atoms with Gasteiger partial charge in [-0.15, -0.1) is 0 Å². The average Bonchev–Trinajstić information content (AvgIpc) is 2.70. The molecule has 0 radical (unpaired) electrons. The van der Waals surface area contributed by atoms with Crippen molar-refractivity contribution in [3.8, 4) is 5.75 Å². The van der Waals surface area contributed by atoms with E-state index in [1.807, 2.05) is 61.5 Å². The summed E-state index contributed by atoms with van der Waals surface area (Å²) < 4.78 is 5.15. The van der Waals surface area contributed by atoms with Gasteiger partial charge in [0.1, 0.15) is 11.3 Å². The smallest absolute Gasteiger partial charge is 0.342 e. The van der Waals surface area contributed by atoms with E-state index in [1.54, 1.807) is 11.0 Å². The van der Waals surface area contributed by atoms with Gasteiger partial charge in [0.2, 0.25) is 0 Å². The fourth-order valence-electron chi connectivity index (χ4n) is 2.87. The van der Waals surface area contributed by atoms with Gasteiger partial charge in [0.05, 0.1) is 0 Å². The first-order chi connectivity index (χ1) is 13.1. The largest absolute Gasteiger partial charge is 0.507 e. The summed E-state index contributed by atoms with van der Waals surface area (Å²) in [6, 6.07) is 20.1. The van der Waals surface area contributed by atoms with Crippen LogP contribution in [0.3, 0.4) is 0 Å². The Bertz CT molecular complexity index is 953. The molecule has 0 bridgehead atoms. The Morgan fingerprint density at radius 2 is 1.59 bits per heavy atom. The Hall–Kier alpha value is -3.34. The Labute approximate surface area is 157 Å². The van der Waals surface area contributed by atoms with Crippen LogP contribution >= 0.6 is 0 Å². The van der Waals surface area contributed by atoms with Crippen molar-refractivity contribution in [3.05, 3.63) is 77.9 Å². The van der Waals surface area contributed by atoms with Crippen molar-refractivity contribution in [2.24, 2.45) is 0 Å². The third kappa shape index (κ3) is 4.44. The highest BCUT2D eigenvalue weighted by atomic mass is 16.5. The van der Waals surface area contributed by atoms with Gasteiger partial charge in [-0.05, 0) is 35.4 Å². The first-order valence-electron chi connectivity index (χ1n) is 8.79. The second-order valence-corrected chi connectivity index (χ2v) is 6.19. The van der Waals surface area contributed by atoms with Crippen molar-refractivity contribution in [2.45, 2.75) is 13.5 Å². The molecule has 27 heavy (non-hydrogen) atoms.